The van der Waals surface area contributed by atoms with Gasteiger partial charge in [-0.3, -0.25) is 0 Å². The van der Waals surface area contributed by atoms with Gasteiger partial charge in [0.1, 0.15) is 23.2 Å². The lowest BCUT2D eigenvalue weighted by atomic mass is 9.92. The zero-order valence-electron chi connectivity index (χ0n) is 19.0. The van der Waals surface area contributed by atoms with E-state index in [0.717, 1.165) is 15.9 Å². The minimum atomic E-state index is -4.08. The van der Waals surface area contributed by atoms with E-state index in [1.165, 1.54) is 24.4 Å². The maximum atomic E-state index is 13.8. The van der Waals surface area contributed by atoms with Crippen molar-refractivity contribution in [1.82, 2.24) is 9.29 Å². The Morgan fingerprint density at radius 1 is 1.14 bits per heavy atom. The molecule has 0 radical (unpaired) electrons. The summed E-state index contributed by atoms with van der Waals surface area (Å²) in [5.74, 6) is 4.45. The van der Waals surface area contributed by atoms with E-state index in [0.29, 0.717) is 5.56 Å². The third kappa shape index (κ3) is 5.38. The van der Waals surface area contributed by atoms with E-state index in [9.17, 15) is 23.0 Å². The van der Waals surface area contributed by atoms with Crippen LogP contribution in [0.15, 0.2) is 71.9 Å². The molecule has 3 aromatic rings. The molecule has 8 nitrogen and oxygen atoms in total. The number of nitrogens with zero attached hydrogens (tertiary/aromatic N) is 3. The first-order valence-electron chi connectivity index (χ1n) is 10.9. The molecule has 0 bridgehead atoms. The van der Waals surface area contributed by atoms with E-state index in [2.05, 4.69) is 16.8 Å². The predicted octanol–water partition coefficient (Wildman–Crippen LogP) is 1.92. The minimum absolute atomic E-state index is 0.113. The number of pyridine rings is 1. The number of rotatable bonds is 6. The highest BCUT2D eigenvalue weighted by molar-refractivity contribution is 7.89. The summed E-state index contributed by atoms with van der Waals surface area (Å²) >= 11 is 0. The molecule has 0 spiro atoms. The fourth-order valence-electron chi connectivity index (χ4n) is 3.76. The number of hydrogen-bond donors (Lipinski definition) is 2. The summed E-state index contributed by atoms with van der Waals surface area (Å²) in [6.45, 7) is -1.39. The van der Waals surface area contributed by atoms with Gasteiger partial charge in [0.25, 0.3) is 10.0 Å². The van der Waals surface area contributed by atoms with Crippen molar-refractivity contribution in [2.45, 2.75) is 10.6 Å². The molecule has 1 aliphatic heterocycles. The molecule has 184 valence electrons. The standard InChI is InChI=1S/C26H22FN3O5S/c27-24-12-23(10-9-21(24)13-28)35-16-22-15-30(17-26(22,32)18-31)36(33,34)25-11-8-20(14-29-25)7-6-19-4-2-1-3-5-19/h1-5,8-12,14,22,31-32H,15-18H2/t22-,26-/m1/s1. The van der Waals surface area contributed by atoms with Crippen molar-refractivity contribution in [3.8, 4) is 23.7 Å². The van der Waals surface area contributed by atoms with Crippen molar-refractivity contribution in [3.05, 3.63) is 89.4 Å². The molecule has 2 N–H and O–H groups in total. The molecule has 1 fully saturated rings. The molecule has 2 atom stereocenters. The number of β-amino-alcohol motifs (C(OH)–C–C–N with tert-alkyl or cyclic N) is 1. The molecule has 4 rings (SSSR count). The Kier molecular flexibility index (Phi) is 7.34. The van der Waals surface area contributed by atoms with E-state index in [1.807, 2.05) is 30.3 Å². The number of hydrogen-bond acceptors (Lipinski definition) is 7. The van der Waals surface area contributed by atoms with Crippen LogP contribution in [0, 0.1) is 34.9 Å². The Morgan fingerprint density at radius 2 is 1.89 bits per heavy atom. The number of aromatic nitrogens is 1. The fraction of sp³-hybridized carbons (Fsp3) is 0.231. The molecular weight excluding hydrogens is 485 g/mol. The van der Waals surface area contributed by atoms with E-state index >= 15 is 0 Å². The molecule has 2 aromatic carbocycles. The van der Waals surface area contributed by atoms with Crippen molar-refractivity contribution in [2.24, 2.45) is 5.92 Å². The van der Waals surface area contributed by atoms with Gasteiger partial charge < -0.3 is 14.9 Å². The van der Waals surface area contributed by atoms with Gasteiger partial charge in [0.2, 0.25) is 0 Å². The average molecular weight is 508 g/mol. The monoisotopic (exact) mass is 507 g/mol. The van der Waals surface area contributed by atoms with Gasteiger partial charge in [-0.15, -0.1) is 0 Å². The van der Waals surface area contributed by atoms with E-state index < -0.39 is 34.0 Å². The molecule has 1 saturated heterocycles. The highest BCUT2D eigenvalue weighted by Gasteiger charge is 2.49. The van der Waals surface area contributed by atoms with Crippen molar-refractivity contribution in [1.29, 1.82) is 5.26 Å². The van der Waals surface area contributed by atoms with Gasteiger partial charge >= 0.3 is 0 Å². The van der Waals surface area contributed by atoms with Crippen LogP contribution in [0.2, 0.25) is 0 Å². The summed E-state index contributed by atoms with van der Waals surface area (Å²) in [5.41, 5.74) is -0.560. The topological polar surface area (TPSA) is 124 Å². The van der Waals surface area contributed by atoms with Gasteiger partial charge in [-0.25, -0.2) is 17.8 Å². The maximum absolute atomic E-state index is 13.8. The summed E-state index contributed by atoms with van der Waals surface area (Å²) in [7, 11) is -4.08. The average Bonchev–Trinajstić information content (AvgIpc) is 3.25. The smallest absolute Gasteiger partial charge is 0.260 e. The SMILES string of the molecule is N#Cc1ccc(OC[C@H]2CN(S(=O)(=O)c3ccc(C#Cc4ccccc4)cn3)C[C@@]2(O)CO)cc1F. The highest BCUT2D eigenvalue weighted by Crippen LogP contribution is 2.32. The third-order valence-electron chi connectivity index (χ3n) is 5.89. The van der Waals surface area contributed by atoms with Gasteiger partial charge in [0.15, 0.2) is 5.03 Å². The van der Waals surface area contributed by atoms with Crippen LogP contribution in [0.25, 0.3) is 0 Å². The Balaban J connectivity index is 1.47. The normalized spacial score (nSPS) is 19.8. The second kappa shape index (κ2) is 10.4. The molecule has 10 heteroatoms. The number of nitriles is 1. The first-order chi connectivity index (χ1) is 17.2. The quantitative estimate of drug-likeness (QED) is 0.489. The molecule has 1 aliphatic rings. The van der Waals surface area contributed by atoms with Crippen molar-refractivity contribution in [2.75, 3.05) is 26.3 Å². The van der Waals surface area contributed by atoms with Gasteiger partial charge in [-0.05, 0) is 36.4 Å². The van der Waals surface area contributed by atoms with E-state index in [4.69, 9.17) is 10.00 Å². The largest absolute Gasteiger partial charge is 0.493 e. The maximum Gasteiger partial charge on any atom is 0.260 e. The predicted molar refractivity (Wildman–Crippen MR) is 128 cm³/mol. The second-order valence-electron chi connectivity index (χ2n) is 8.32. The summed E-state index contributed by atoms with van der Waals surface area (Å²) in [6, 6.07) is 17.6. The Hall–Kier alpha value is -3.80. The molecule has 0 aliphatic carbocycles. The number of halogens is 1. The number of ether oxygens (including phenoxy) is 1. The third-order valence-corrected chi connectivity index (χ3v) is 7.61. The first kappa shape index (κ1) is 25.3. The van der Waals surface area contributed by atoms with Crippen LogP contribution in [-0.2, 0) is 10.0 Å². The van der Waals surface area contributed by atoms with Crippen molar-refractivity contribution in [3.63, 3.8) is 0 Å². The van der Waals surface area contributed by atoms with E-state index in [-0.39, 0.29) is 36.0 Å². The molecular formula is C26H22FN3O5S. The Labute approximate surface area is 208 Å². The van der Waals surface area contributed by atoms with Crippen LogP contribution in [0.3, 0.4) is 0 Å². The van der Waals surface area contributed by atoms with Crippen LogP contribution in [0.4, 0.5) is 4.39 Å². The van der Waals surface area contributed by atoms with Crippen molar-refractivity contribution >= 4 is 10.0 Å². The zero-order valence-corrected chi connectivity index (χ0v) is 19.8. The number of sulfonamides is 1. The number of aliphatic hydroxyl groups excluding tert-OH is 1. The number of aliphatic hydroxyl groups is 2. The minimum Gasteiger partial charge on any atom is -0.493 e. The molecule has 2 heterocycles. The lowest BCUT2D eigenvalue weighted by molar-refractivity contribution is -0.0452. The summed E-state index contributed by atoms with van der Waals surface area (Å²) < 4.78 is 46.8. The van der Waals surface area contributed by atoms with Gasteiger partial charge in [0.05, 0.1) is 18.8 Å². The lowest BCUT2D eigenvalue weighted by Gasteiger charge is -2.26. The summed E-state index contributed by atoms with van der Waals surface area (Å²) in [4.78, 5) is 4.05. The molecule has 0 unspecified atom stereocenters. The molecule has 0 saturated carbocycles. The summed E-state index contributed by atoms with van der Waals surface area (Å²) in [6.07, 6.45) is 1.36. The lowest BCUT2D eigenvalue weighted by Crippen LogP contribution is -2.44. The van der Waals surface area contributed by atoms with Gasteiger partial charge in [-0.2, -0.15) is 9.57 Å². The zero-order chi connectivity index (χ0) is 25.8. The Morgan fingerprint density at radius 3 is 2.53 bits per heavy atom. The molecule has 1 aromatic heterocycles. The van der Waals surface area contributed by atoms with E-state index in [1.54, 1.807) is 12.1 Å². The molecule has 36 heavy (non-hydrogen) atoms. The Bertz CT molecular complexity index is 1450. The fourth-order valence-corrected chi connectivity index (χ4v) is 5.22. The highest BCUT2D eigenvalue weighted by atomic mass is 32.2. The summed E-state index contributed by atoms with van der Waals surface area (Å²) in [5, 5.41) is 29.3. The van der Waals surface area contributed by atoms with Crippen LogP contribution in [-0.4, -0.2) is 59.8 Å². The van der Waals surface area contributed by atoms with Gasteiger partial charge in [0, 0.05) is 42.4 Å². The van der Waals surface area contributed by atoms with Gasteiger partial charge in [-0.1, -0.05) is 30.0 Å². The first-order valence-corrected chi connectivity index (χ1v) is 12.4. The van der Waals surface area contributed by atoms with Crippen LogP contribution < -0.4 is 4.74 Å². The molecule has 0 amide bonds. The van der Waals surface area contributed by atoms with Crippen LogP contribution in [0.5, 0.6) is 5.75 Å². The van der Waals surface area contributed by atoms with Crippen LogP contribution >= 0.6 is 0 Å². The number of benzene rings is 2. The van der Waals surface area contributed by atoms with Crippen molar-refractivity contribution < 1.29 is 27.8 Å². The second-order valence-corrected chi connectivity index (χ2v) is 10.2. The van der Waals surface area contributed by atoms with Crippen LogP contribution in [0.1, 0.15) is 16.7 Å².